The molecule has 2 rings (SSSR count). The fourth-order valence-corrected chi connectivity index (χ4v) is 2.77. The topological polar surface area (TPSA) is 41.6 Å². The maximum absolute atomic E-state index is 11.5. The first kappa shape index (κ1) is 15.9. The normalized spacial score (nSPS) is 11.2. The molecule has 0 spiro atoms. The highest BCUT2D eigenvalue weighted by Crippen LogP contribution is 2.21. The predicted octanol–water partition coefficient (Wildman–Crippen LogP) is 2.14. The SMILES string of the molecule is CN(C)CCNC(=O)COCCc1ccc2sccc2c1. The summed E-state index contributed by atoms with van der Waals surface area (Å²) < 4.78 is 6.73. The molecule has 1 heterocycles. The van der Waals surface area contributed by atoms with E-state index in [1.54, 1.807) is 11.3 Å². The number of rotatable bonds is 8. The van der Waals surface area contributed by atoms with E-state index in [9.17, 15) is 4.79 Å². The molecule has 0 bridgehead atoms. The van der Waals surface area contributed by atoms with Gasteiger partial charge in [0, 0.05) is 17.8 Å². The Morgan fingerprint density at radius 1 is 1.33 bits per heavy atom. The zero-order valence-corrected chi connectivity index (χ0v) is 13.4. The molecule has 0 fully saturated rings. The Bertz CT molecular complexity index is 580. The highest BCUT2D eigenvalue weighted by atomic mass is 32.1. The molecule has 0 atom stereocenters. The maximum Gasteiger partial charge on any atom is 0.246 e. The number of nitrogens with zero attached hydrogens (tertiary/aromatic N) is 1. The maximum atomic E-state index is 11.5. The van der Waals surface area contributed by atoms with Gasteiger partial charge in [-0.1, -0.05) is 12.1 Å². The predicted molar refractivity (Wildman–Crippen MR) is 87.9 cm³/mol. The van der Waals surface area contributed by atoms with Crippen molar-refractivity contribution in [2.24, 2.45) is 0 Å². The molecular formula is C16H22N2O2S. The molecular weight excluding hydrogens is 284 g/mol. The smallest absolute Gasteiger partial charge is 0.246 e. The lowest BCUT2D eigenvalue weighted by Gasteiger charge is -2.10. The number of fused-ring (bicyclic) bond motifs is 1. The standard InChI is InChI=1S/C16H22N2O2S/c1-18(2)8-7-17-16(19)12-20-9-5-13-3-4-15-14(11-13)6-10-21-15/h3-4,6,10-11H,5,7-9,12H2,1-2H3,(H,17,19). The minimum atomic E-state index is -0.0508. The molecule has 4 nitrogen and oxygen atoms in total. The molecule has 0 radical (unpaired) electrons. The zero-order chi connectivity index (χ0) is 15.1. The van der Waals surface area contributed by atoms with Gasteiger partial charge in [-0.2, -0.15) is 0 Å². The minimum absolute atomic E-state index is 0.0508. The number of benzene rings is 1. The summed E-state index contributed by atoms with van der Waals surface area (Å²) in [5.41, 5.74) is 1.24. The number of amides is 1. The number of hydrogen-bond donors (Lipinski definition) is 1. The second kappa shape index (κ2) is 8.12. The molecule has 0 saturated heterocycles. The summed E-state index contributed by atoms with van der Waals surface area (Å²) in [6.45, 7) is 2.20. The van der Waals surface area contributed by atoms with Crippen molar-refractivity contribution in [2.45, 2.75) is 6.42 Å². The number of nitrogens with one attached hydrogen (secondary N) is 1. The molecule has 0 saturated carbocycles. The van der Waals surface area contributed by atoms with Gasteiger partial charge in [0.1, 0.15) is 6.61 Å². The van der Waals surface area contributed by atoms with Gasteiger partial charge < -0.3 is 15.0 Å². The van der Waals surface area contributed by atoms with Gasteiger partial charge in [-0.15, -0.1) is 11.3 Å². The van der Waals surface area contributed by atoms with Gasteiger partial charge in [0.15, 0.2) is 0 Å². The third kappa shape index (κ3) is 5.46. The van der Waals surface area contributed by atoms with Crippen molar-refractivity contribution in [1.82, 2.24) is 10.2 Å². The average Bonchev–Trinajstić information content (AvgIpc) is 2.90. The number of thiophene rings is 1. The summed E-state index contributed by atoms with van der Waals surface area (Å²) in [7, 11) is 3.96. The number of likely N-dealkylation sites (N-methyl/N-ethyl adjacent to an activating group) is 1. The average molecular weight is 306 g/mol. The van der Waals surface area contributed by atoms with Crippen LogP contribution in [0.2, 0.25) is 0 Å². The van der Waals surface area contributed by atoms with E-state index >= 15 is 0 Å². The van der Waals surface area contributed by atoms with Crippen LogP contribution in [0.1, 0.15) is 5.56 Å². The minimum Gasteiger partial charge on any atom is -0.371 e. The lowest BCUT2D eigenvalue weighted by Crippen LogP contribution is -2.33. The summed E-state index contributed by atoms with van der Waals surface area (Å²) in [6, 6.07) is 8.58. The van der Waals surface area contributed by atoms with E-state index in [2.05, 4.69) is 35.0 Å². The monoisotopic (exact) mass is 306 g/mol. The van der Waals surface area contributed by atoms with E-state index in [1.165, 1.54) is 15.6 Å². The van der Waals surface area contributed by atoms with Crippen molar-refractivity contribution >= 4 is 27.3 Å². The van der Waals surface area contributed by atoms with E-state index in [1.807, 2.05) is 19.0 Å². The summed E-state index contributed by atoms with van der Waals surface area (Å²) in [6.07, 6.45) is 0.830. The van der Waals surface area contributed by atoms with Crippen LogP contribution in [0.3, 0.4) is 0 Å². The Kier molecular flexibility index (Phi) is 6.17. The number of ether oxygens (including phenoxy) is 1. The largest absolute Gasteiger partial charge is 0.371 e. The first-order valence-corrected chi connectivity index (χ1v) is 7.98. The van der Waals surface area contributed by atoms with E-state index < -0.39 is 0 Å². The fraction of sp³-hybridized carbons (Fsp3) is 0.438. The van der Waals surface area contributed by atoms with Crippen LogP contribution in [0.15, 0.2) is 29.6 Å². The number of carbonyl (C=O) groups is 1. The van der Waals surface area contributed by atoms with Crippen LogP contribution in [-0.4, -0.2) is 51.2 Å². The molecule has 0 unspecified atom stereocenters. The Morgan fingerprint density at radius 2 is 2.19 bits per heavy atom. The van der Waals surface area contributed by atoms with Gasteiger partial charge in [0.2, 0.25) is 5.91 Å². The molecule has 1 N–H and O–H groups in total. The van der Waals surface area contributed by atoms with Crippen molar-refractivity contribution in [3.05, 3.63) is 35.2 Å². The van der Waals surface area contributed by atoms with Crippen LogP contribution in [0.25, 0.3) is 10.1 Å². The third-order valence-corrected chi connectivity index (χ3v) is 4.06. The molecule has 1 amide bonds. The lowest BCUT2D eigenvalue weighted by atomic mass is 10.1. The summed E-state index contributed by atoms with van der Waals surface area (Å²) in [4.78, 5) is 13.6. The summed E-state index contributed by atoms with van der Waals surface area (Å²) in [5.74, 6) is -0.0508. The molecule has 0 aliphatic rings. The van der Waals surface area contributed by atoms with Crippen LogP contribution in [-0.2, 0) is 16.0 Å². The Balaban J connectivity index is 1.64. The molecule has 5 heteroatoms. The molecule has 114 valence electrons. The highest BCUT2D eigenvalue weighted by molar-refractivity contribution is 7.17. The fourth-order valence-electron chi connectivity index (χ4n) is 2.00. The first-order valence-electron chi connectivity index (χ1n) is 7.10. The first-order chi connectivity index (χ1) is 10.1. The van der Waals surface area contributed by atoms with Crippen molar-refractivity contribution in [2.75, 3.05) is 40.4 Å². The van der Waals surface area contributed by atoms with Crippen LogP contribution in [0.5, 0.6) is 0 Å². The van der Waals surface area contributed by atoms with Crippen molar-refractivity contribution < 1.29 is 9.53 Å². The summed E-state index contributed by atoms with van der Waals surface area (Å²) in [5, 5.41) is 6.21. The summed E-state index contributed by atoms with van der Waals surface area (Å²) >= 11 is 1.75. The Hall–Kier alpha value is -1.43. The molecule has 1 aromatic heterocycles. The van der Waals surface area contributed by atoms with Crippen molar-refractivity contribution in [3.63, 3.8) is 0 Å². The van der Waals surface area contributed by atoms with Gasteiger partial charge in [-0.05, 0) is 49.0 Å². The highest BCUT2D eigenvalue weighted by Gasteiger charge is 2.02. The lowest BCUT2D eigenvalue weighted by molar-refractivity contribution is -0.125. The molecule has 2 aromatic rings. The van der Waals surface area contributed by atoms with Gasteiger partial charge in [-0.3, -0.25) is 4.79 Å². The van der Waals surface area contributed by atoms with Gasteiger partial charge in [0.25, 0.3) is 0 Å². The second-order valence-electron chi connectivity index (χ2n) is 5.25. The van der Waals surface area contributed by atoms with E-state index in [0.717, 1.165) is 13.0 Å². The van der Waals surface area contributed by atoms with E-state index in [0.29, 0.717) is 13.2 Å². The third-order valence-electron chi connectivity index (χ3n) is 3.17. The number of hydrogen-bond acceptors (Lipinski definition) is 4. The molecule has 0 aliphatic carbocycles. The number of carbonyl (C=O) groups excluding carboxylic acids is 1. The van der Waals surface area contributed by atoms with Crippen LogP contribution in [0, 0.1) is 0 Å². The van der Waals surface area contributed by atoms with Crippen LogP contribution in [0.4, 0.5) is 0 Å². The van der Waals surface area contributed by atoms with E-state index in [-0.39, 0.29) is 12.5 Å². The molecule has 0 aliphatic heterocycles. The van der Waals surface area contributed by atoms with Crippen LogP contribution >= 0.6 is 11.3 Å². The second-order valence-corrected chi connectivity index (χ2v) is 6.20. The molecule has 1 aromatic carbocycles. The Morgan fingerprint density at radius 3 is 3.00 bits per heavy atom. The van der Waals surface area contributed by atoms with Crippen molar-refractivity contribution in [1.29, 1.82) is 0 Å². The van der Waals surface area contributed by atoms with Crippen LogP contribution < -0.4 is 5.32 Å². The van der Waals surface area contributed by atoms with E-state index in [4.69, 9.17) is 4.74 Å². The Labute approximate surface area is 129 Å². The van der Waals surface area contributed by atoms with Crippen molar-refractivity contribution in [3.8, 4) is 0 Å². The molecule has 21 heavy (non-hydrogen) atoms. The van der Waals surface area contributed by atoms with Gasteiger partial charge in [-0.25, -0.2) is 0 Å². The van der Waals surface area contributed by atoms with Gasteiger partial charge in [0.05, 0.1) is 6.61 Å². The zero-order valence-electron chi connectivity index (χ0n) is 12.6. The quantitative estimate of drug-likeness (QED) is 0.760. The van der Waals surface area contributed by atoms with Gasteiger partial charge >= 0.3 is 0 Å².